The first-order valence-electron chi connectivity index (χ1n) is 7.22. The van der Waals surface area contributed by atoms with Crippen LogP contribution < -0.4 is 5.32 Å². The van der Waals surface area contributed by atoms with Gasteiger partial charge in [0, 0.05) is 32.3 Å². The van der Waals surface area contributed by atoms with Crippen LogP contribution in [0, 0.1) is 5.92 Å². The van der Waals surface area contributed by atoms with Gasteiger partial charge in [0.25, 0.3) is 0 Å². The molecular weight excluding hydrogens is 212 g/mol. The Labute approximate surface area is 107 Å². The van der Waals surface area contributed by atoms with Crippen LogP contribution in [-0.4, -0.2) is 50.8 Å². The van der Waals surface area contributed by atoms with Gasteiger partial charge in [0.1, 0.15) is 0 Å². The van der Waals surface area contributed by atoms with E-state index in [1.54, 1.807) is 0 Å². The fourth-order valence-corrected chi connectivity index (χ4v) is 2.53. The molecule has 17 heavy (non-hydrogen) atoms. The van der Waals surface area contributed by atoms with Crippen LogP contribution in [-0.2, 0) is 4.74 Å². The number of likely N-dealkylation sites (N-methyl/N-ethyl adjacent to an activating group) is 1. The van der Waals surface area contributed by atoms with Crippen molar-refractivity contribution in [3.05, 3.63) is 0 Å². The molecule has 1 fully saturated rings. The zero-order valence-electron chi connectivity index (χ0n) is 11.9. The lowest BCUT2D eigenvalue weighted by Gasteiger charge is -2.33. The summed E-state index contributed by atoms with van der Waals surface area (Å²) in [5.74, 6) is 0.948. The third kappa shape index (κ3) is 6.39. The van der Waals surface area contributed by atoms with Crippen molar-refractivity contribution in [1.82, 2.24) is 10.2 Å². The van der Waals surface area contributed by atoms with Crippen molar-refractivity contribution in [2.75, 3.05) is 39.9 Å². The Morgan fingerprint density at radius 3 is 2.53 bits per heavy atom. The SMILES string of the molecule is CCOCCNCCN(C)C1CCC(C)CC1. The van der Waals surface area contributed by atoms with Gasteiger partial charge < -0.3 is 15.0 Å². The van der Waals surface area contributed by atoms with Gasteiger partial charge in [0.2, 0.25) is 0 Å². The summed E-state index contributed by atoms with van der Waals surface area (Å²) in [5.41, 5.74) is 0. The summed E-state index contributed by atoms with van der Waals surface area (Å²) in [6.45, 7) is 9.29. The minimum Gasteiger partial charge on any atom is -0.380 e. The van der Waals surface area contributed by atoms with E-state index in [0.717, 1.165) is 44.8 Å². The first-order chi connectivity index (χ1) is 8.24. The molecule has 0 amide bonds. The Balaban J connectivity index is 1.99. The van der Waals surface area contributed by atoms with Crippen LogP contribution in [0.1, 0.15) is 39.5 Å². The number of rotatable bonds is 8. The molecule has 0 heterocycles. The van der Waals surface area contributed by atoms with E-state index in [4.69, 9.17) is 4.74 Å². The van der Waals surface area contributed by atoms with Crippen molar-refractivity contribution in [2.45, 2.75) is 45.6 Å². The molecule has 0 aromatic rings. The van der Waals surface area contributed by atoms with E-state index >= 15 is 0 Å². The lowest BCUT2D eigenvalue weighted by molar-refractivity contribution is 0.144. The summed E-state index contributed by atoms with van der Waals surface area (Å²) < 4.78 is 5.29. The second kappa shape index (κ2) is 8.90. The first-order valence-corrected chi connectivity index (χ1v) is 7.22. The molecule has 0 atom stereocenters. The highest BCUT2D eigenvalue weighted by molar-refractivity contribution is 4.76. The minimum atomic E-state index is 0.819. The molecule has 0 saturated heterocycles. The third-order valence-electron chi connectivity index (χ3n) is 3.88. The maximum atomic E-state index is 5.29. The zero-order valence-corrected chi connectivity index (χ0v) is 11.9. The van der Waals surface area contributed by atoms with Crippen LogP contribution in [0.2, 0.25) is 0 Å². The number of hydrogen-bond donors (Lipinski definition) is 1. The van der Waals surface area contributed by atoms with Gasteiger partial charge in [0.05, 0.1) is 6.61 Å². The highest BCUT2D eigenvalue weighted by atomic mass is 16.5. The molecule has 0 bridgehead atoms. The molecule has 0 spiro atoms. The largest absolute Gasteiger partial charge is 0.380 e. The molecule has 1 N–H and O–H groups in total. The lowest BCUT2D eigenvalue weighted by atomic mass is 9.87. The molecular formula is C14H30N2O. The minimum absolute atomic E-state index is 0.819. The molecule has 1 saturated carbocycles. The summed E-state index contributed by atoms with van der Waals surface area (Å²) in [4.78, 5) is 2.53. The van der Waals surface area contributed by atoms with E-state index in [1.165, 1.54) is 25.7 Å². The van der Waals surface area contributed by atoms with Crippen LogP contribution >= 0.6 is 0 Å². The van der Waals surface area contributed by atoms with Crippen molar-refractivity contribution in [2.24, 2.45) is 5.92 Å². The highest BCUT2D eigenvalue weighted by Gasteiger charge is 2.20. The van der Waals surface area contributed by atoms with E-state index < -0.39 is 0 Å². The van der Waals surface area contributed by atoms with E-state index in [2.05, 4.69) is 24.2 Å². The number of ether oxygens (including phenoxy) is 1. The molecule has 0 aliphatic heterocycles. The third-order valence-corrected chi connectivity index (χ3v) is 3.88. The lowest BCUT2D eigenvalue weighted by Crippen LogP contribution is -2.39. The van der Waals surface area contributed by atoms with Gasteiger partial charge >= 0.3 is 0 Å². The summed E-state index contributed by atoms with van der Waals surface area (Å²) in [6.07, 6.45) is 5.59. The summed E-state index contributed by atoms with van der Waals surface area (Å²) in [7, 11) is 2.27. The van der Waals surface area contributed by atoms with Gasteiger partial charge in [-0.3, -0.25) is 0 Å². The molecule has 102 valence electrons. The number of nitrogens with one attached hydrogen (secondary N) is 1. The van der Waals surface area contributed by atoms with E-state index in [-0.39, 0.29) is 0 Å². The van der Waals surface area contributed by atoms with Gasteiger partial charge in [-0.1, -0.05) is 6.92 Å². The van der Waals surface area contributed by atoms with E-state index in [1.807, 2.05) is 6.92 Å². The Hall–Kier alpha value is -0.120. The van der Waals surface area contributed by atoms with Crippen molar-refractivity contribution < 1.29 is 4.74 Å². The molecule has 1 rings (SSSR count). The second-order valence-electron chi connectivity index (χ2n) is 5.34. The van der Waals surface area contributed by atoms with Gasteiger partial charge in [0.15, 0.2) is 0 Å². The monoisotopic (exact) mass is 242 g/mol. The van der Waals surface area contributed by atoms with Crippen molar-refractivity contribution in [3.8, 4) is 0 Å². The van der Waals surface area contributed by atoms with Crippen LogP contribution in [0.25, 0.3) is 0 Å². The maximum Gasteiger partial charge on any atom is 0.0590 e. The number of hydrogen-bond acceptors (Lipinski definition) is 3. The van der Waals surface area contributed by atoms with Gasteiger partial charge in [-0.2, -0.15) is 0 Å². The first kappa shape index (κ1) is 14.9. The molecule has 0 aromatic heterocycles. The fourth-order valence-electron chi connectivity index (χ4n) is 2.53. The van der Waals surface area contributed by atoms with Gasteiger partial charge in [-0.15, -0.1) is 0 Å². The summed E-state index contributed by atoms with van der Waals surface area (Å²) in [6, 6.07) is 0.819. The molecule has 3 nitrogen and oxygen atoms in total. The highest BCUT2D eigenvalue weighted by Crippen LogP contribution is 2.26. The molecule has 3 heteroatoms. The smallest absolute Gasteiger partial charge is 0.0590 e. The molecule has 0 unspecified atom stereocenters. The summed E-state index contributed by atoms with van der Waals surface area (Å²) in [5, 5.41) is 3.43. The Morgan fingerprint density at radius 1 is 1.18 bits per heavy atom. The maximum absolute atomic E-state index is 5.29. The predicted octanol–water partition coefficient (Wildman–Crippen LogP) is 2.12. The molecule has 0 radical (unpaired) electrons. The van der Waals surface area contributed by atoms with Crippen LogP contribution in [0.4, 0.5) is 0 Å². The Kier molecular flexibility index (Phi) is 7.82. The average molecular weight is 242 g/mol. The molecule has 1 aliphatic carbocycles. The van der Waals surface area contributed by atoms with E-state index in [0.29, 0.717) is 0 Å². The molecule has 0 aromatic carbocycles. The Morgan fingerprint density at radius 2 is 1.88 bits per heavy atom. The van der Waals surface area contributed by atoms with Crippen molar-refractivity contribution >= 4 is 0 Å². The number of nitrogens with zero attached hydrogens (tertiary/aromatic N) is 1. The second-order valence-corrected chi connectivity index (χ2v) is 5.34. The van der Waals surface area contributed by atoms with Gasteiger partial charge in [-0.05, 0) is 45.6 Å². The average Bonchev–Trinajstić information content (AvgIpc) is 2.34. The quantitative estimate of drug-likeness (QED) is 0.660. The molecule has 1 aliphatic rings. The van der Waals surface area contributed by atoms with Crippen LogP contribution in [0.3, 0.4) is 0 Å². The Bertz CT molecular complexity index is 179. The van der Waals surface area contributed by atoms with Gasteiger partial charge in [-0.25, -0.2) is 0 Å². The zero-order chi connectivity index (χ0) is 12.5. The van der Waals surface area contributed by atoms with Crippen molar-refractivity contribution in [3.63, 3.8) is 0 Å². The normalized spacial score (nSPS) is 25.4. The van der Waals surface area contributed by atoms with Crippen molar-refractivity contribution in [1.29, 1.82) is 0 Å². The predicted molar refractivity (Wildman–Crippen MR) is 73.4 cm³/mol. The van der Waals surface area contributed by atoms with E-state index in [9.17, 15) is 0 Å². The topological polar surface area (TPSA) is 24.5 Å². The summed E-state index contributed by atoms with van der Waals surface area (Å²) >= 11 is 0. The van der Waals surface area contributed by atoms with Crippen LogP contribution in [0.5, 0.6) is 0 Å². The fraction of sp³-hybridized carbons (Fsp3) is 1.00. The standard InChI is InChI=1S/C14H30N2O/c1-4-17-12-10-15-9-11-16(3)14-7-5-13(2)6-8-14/h13-15H,4-12H2,1-3H3. The van der Waals surface area contributed by atoms with Crippen LogP contribution in [0.15, 0.2) is 0 Å².